The molecule has 1 amide bonds. The summed E-state index contributed by atoms with van der Waals surface area (Å²) in [7, 11) is 0. The minimum Gasteiger partial charge on any atom is -0.478 e. The van der Waals surface area contributed by atoms with Crippen LogP contribution in [-0.2, 0) is 4.74 Å². The van der Waals surface area contributed by atoms with Crippen LogP contribution in [0.1, 0.15) is 31.1 Å². The first kappa shape index (κ1) is 18.0. The maximum absolute atomic E-state index is 12.1. The standard InChI is InChI=1S/C19H23N3O4/c1-19(2,3)26-18(25)22-10-8-21(9-11-22)16-7-5-13-12-14(17(23)24)4-6-15(13)20-16/h4-7,12H,8-11H2,1-3H3,(H,23,24). The van der Waals surface area contributed by atoms with Crippen LogP contribution in [0.15, 0.2) is 30.3 Å². The Bertz CT molecular complexity index is 836. The van der Waals surface area contributed by atoms with E-state index in [1.165, 1.54) is 0 Å². The highest BCUT2D eigenvalue weighted by Gasteiger charge is 2.26. The summed E-state index contributed by atoms with van der Waals surface area (Å²) in [5.41, 5.74) is 0.503. The number of anilines is 1. The van der Waals surface area contributed by atoms with Gasteiger partial charge in [0.25, 0.3) is 0 Å². The molecule has 0 bridgehead atoms. The van der Waals surface area contributed by atoms with Crippen LogP contribution < -0.4 is 4.90 Å². The number of carbonyl (C=O) groups is 2. The van der Waals surface area contributed by atoms with Crippen molar-refractivity contribution in [2.75, 3.05) is 31.1 Å². The van der Waals surface area contributed by atoms with Crippen LogP contribution in [0.25, 0.3) is 10.9 Å². The second-order valence-corrected chi connectivity index (χ2v) is 7.34. The van der Waals surface area contributed by atoms with Crippen molar-refractivity contribution in [3.63, 3.8) is 0 Å². The average Bonchev–Trinajstić information content (AvgIpc) is 2.59. The topological polar surface area (TPSA) is 83.0 Å². The van der Waals surface area contributed by atoms with Crippen molar-refractivity contribution < 1.29 is 19.4 Å². The third-order valence-electron chi connectivity index (χ3n) is 4.18. The molecule has 1 aliphatic rings. The molecule has 7 heteroatoms. The predicted octanol–water partition coefficient (Wildman–Crippen LogP) is 2.99. The highest BCUT2D eigenvalue weighted by Crippen LogP contribution is 2.21. The number of pyridine rings is 1. The number of aromatic nitrogens is 1. The number of amides is 1. The summed E-state index contributed by atoms with van der Waals surface area (Å²) in [6.07, 6.45) is -0.287. The Kier molecular flexibility index (Phi) is 4.71. The van der Waals surface area contributed by atoms with Crippen LogP contribution in [0.3, 0.4) is 0 Å². The van der Waals surface area contributed by atoms with Gasteiger partial charge in [-0.15, -0.1) is 0 Å². The van der Waals surface area contributed by atoms with E-state index in [4.69, 9.17) is 9.84 Å². The quantitative estimate of drug-likeness (QED) is 0.890. The lowest BCUT2D eigenvalue weighted by Gasteiger charge is -2.36. The van der Waals surface area contributed by atoms with E-state index in [1.807, 2.05) is 32.9 Å². The molecule has 1 aromatic carbocycles. The number of carbonyl (C=O) groups excluding carboxylic acids is 1. The largest absolute Gasteiger partial charge is 0.478 e. The van der Waals surface area contributed by atoms with Crippen LogP contribution in [0.2, 0.25) is 0 Å². The summed E-state index contributed by atoms with van der Waals surface area (Å²) in [4.78, 5) is 31.7. The Hall–Kier alpha value is -2.83. The molecule has 1 aliphatic heterocycles. The molecule has 1 saturated heterocycles. The van der Waals surface area contributed by atoms with Gasteiger partial charge in [-0.25, -0.2) is 14.6 Å². The smallest absolute Gasteiger partial charge is 0.410 e. The van der Waals surface area contributed by atoms with E-state index in [1.54, 1.807) is 23.1 Å². The minimum absolute atomic E-state index is 0.248. The molecule has 1 N–H and O–H groups in total. The second-order valence-electron chi connectivity index (χ2n) is 7.34. The summed E-state index contributed by atoms with van der Waals surface area (Å²) in [6, 6.07) is 8.66. The van der Waals surface area contributed by atoms with E-state index in [9.17, 15) is 9.59 Å². The molecule has 0 saturated carbocycles. The number of piperazine rings is 1. The monoisotopic (exact) mass is 357 g/mol. The molecule has 7 nitrogen and oxygen atoms in total. The lowest BCUT2D eigenvalue weighted by molar-refractivity contribution is 0.0240. The van der Waals surface area contributed by atoms with E-state index in [2.05, 4.69) is 9.88 Å². The Labute approximate surface area is 152 Å². The highest BCUT2D eigenvalue weighted by atomic mass is 16.6. The molecule has 138 valence electrons. The van der Waals surface area contributed by atoms with Crippen molar-refractivity contribution in [2.45, 2.75) is 26.4 Å². The first-order valence-corrected chi connectivity index (χ1v) is 8.60. The van der Waals surface area contributed by atoms with E-state index in [0.29, 0.717) is 26.2 Å². The number of benzene rings is 1. The fraction of sp³-hybridized carbons (Fsp3) is 0.421. The number of ether oxygens (including phenoxy) is 1. The van der Waals surface area contributed by atoms with E-state index < -0.39 is 11.6 Å². The lowest BCUT2D eigenvalue weighted by atomic mass is 10.1. The van der Waals surface area contributed by atoms with Crippen molar-refractivity contribution in [3.8, 4) is 0 Å². The molecule has 1 fully saturated rings. The molecular weight excluding hydrogens is 334 g/mol. The summed E-state index contributed by atoms with van der Waals surface area (Å²) < 4.78 is 5.41. The van der Waals surface area contributed by atoms with Gasteiger partial charge in [0.05, 0.1) is 11.1 Å². The van der Waals surface area contributed by atoms with Gasteiger partial charge in [-0.1, -0.05) is 0 Å². The summed E-state index contributed by atoms with van der Waals surface area (Å²) in [6.45, 7) is 8.07. The third-order valence-corrected chi connectivity index (χ3v) is 4.18. The molecule has 0 aliphatic carbocycles. The Morgan fingerprint density at radius 3 is 2.38 bits per heavy atom. The van der Waals surface area contributed by atoms with Gasteiger partial charge in [0.15, 0.2) is 0 Å². The Balaban J connectivity index is 1.68. The number of carboxylic acids is 1. The van der Waals surface area contributed by atoms with E-state index >= 15 is 0 Å². The molecule has 2 heterocycles. The summed E-state index contributed by atoms with van der Waals surface area (Å²) >= 11 is 0. The number of fused-ring (bicyclic) bond motifs is 1. The zero-order valence-corrected chi connectivity index (χ0v) is 15.2. The van der Waals surface area contributed by atoms with Crippen molar-refractivity contribution in [1.82, 2.24) is 9.88 Å². The minimum atomic E-state index is -0.950. The molecule has 0 atom stereocenters. The molecule has 26 heavy (non-hydrogen) atoms. The second kappa shape index (κ2) is 6.82. The van der Waals surface area contributed by atoms with Gasteiger partial charge in [-0.3, -0.25) is 0 Å². The van der Waals surface area contributed by atoms with Gasteiger partial charge in [-0.05, 0) is 51.1 Å². The maximum atomic E-state index is 12.1. The lowest BCUT2D eigenvalue weighted by Crippen LogP contribution is -2.50. The maximum Gasteiger partial charge on any atom is 0.410 e. The summed E-state index contributed by atoms with van der Waals surface area (Å²) in [5, 5.41) is 9.86. The van der Waals surface area contributed by atoms with E-state index in [-0.39, 0.29) is 11.7 Å². The molecule has 2 aromatic rings. The fourth-order valence-electron chi connectivity index (χ4n) is 2.87. The first-order valence-electron chi connectivity index (χ1n) is 8.60. The molecular formula is C19H23N3O4. The normalized spacial score (nSPS) is 15.2. The van der Waals surface area contributed by atoms with Crippen LogP contribution in [0.4, 0.5) is 10.6 Å². The van der Waals surface area contributed by atoms with Gasteiger partial charge in [0.2, 0.25) is 0 Å². The van der Waals surface area contributed by atoms with Crippen molar-refractivity contribution in [2.24, 2.45) is 0 Å². The Morgan fingerprint density at radius 2 is 1.77 bits per heavy atom. The number of hydrogen-bond donors (Lipinski definition) is 1. The van der Waals surface area contributed by atoms with Gasteiger partial charge < -0.3 is 19.6 Å². The molecule has 0 unspecified atom stereocenters. The third kappa shape index (κ3) is 4.04. The number of rotatable bonds is 2. The van der Waals surface area contributed by atoms with Crippen LogP contribution >= 0.6 is 0 Å². The summed E-state index contributed by atoms with van der Waals surface area (Å²) in [5.74, 6) is -0.126. The molecule has 3 rings (SSSR count). The fourth-order valence-corrected chi connectivity index (χ4v) is 2.87. The van der Waals surface area contributed by atoms with Crippen molar-refractivity contribution >= 4 is 28.8 Å². The van der Waals surface area contributed by atoms with Crippen molar-refractivity contribution in [1.29, 1.82) is 0 Å². The molecule has 0 radical (unpaired) electrons. The van der Waals surface area contributed by atoms with Crippen LogP contribution in [-0.4, -0.2) is 58.8 Å². The highest BCUT2D eigenvalue weighted by molar-refractivity contribution is 5.93. The zero-order valence-electron chi connectivity index (χ0n) is 15.2. The first-order chi connectivity index (χ1) is 12.2. The van der Waals surface area contributed by atoms with Crippen LogP contribution in [0.5, 0.6) is 0 Å². The van der Waals surface area contributed by atoms with Gasteiger partial charge in [0, 0.05) is 31.6 Å². The number of nitrogens with zero attached hydrogens (tertiary/aromatic N) is 3. The number of aromatic carboxylic acids is 1. The van der Waals surface area contributed by atoms with Crippen LogP contribution in [0, 0.1) is 0 Å². The van der Waals surface area contributed by atoms with Gasteiger partial charge in [0.1, 0.15) is 11.4 Å². The zero-order chi connectivity index (χ0) is 18.9. The van der Waals surface area contributed by atoms with E-state index in [0.717, 1.165) is 16.7 Å². The van der Waals surface area contributed by atoms with Crippen molar-refractivity contribution in [3.05, 3.63) is 35.9 Å². The molecule has 1 aromatic heterocycles. The van der Waals surface area contributed by atoms with Gasteiger partial charge >= 0.3 is 12.1 Å². The van der Waals surface area contributed by atoms with Gasteiger partial charge in [-0.2, -0.15) is 0 Å². The number of carboxylic acid groups (broad SMARTS) is 1. The number of hydrogen-bond acceptors (Lipinski definition) is 5. The average molecular weight is 357 g/mol. The SMILES string of the molecule is CC(C)(C)OC(=O)N1CCN(c2ccc3cc(C(=O)O)ccc3n2)CC1. The molecule has 0 spiro atoms. The Morgan fingerprint density at radius 1 is 1.08 bits per heavy atom. The predicted molar refractivity (Wildman–Crippen MR) is 98.7 cm³/mol.